The van der Waals surface area contributed by atoms with Gasteiger partial charge >= 0.3 is 0 Å². The van der Waals surface area contributed by atoms with Gasteiger partial charge < -0.3 is 4.74 Å². The molecule has 0 fully saturated rings. The summed E-state index contributed by atoms with van der Waals surface area (Å²) < 4.78 is 5.80. The van der Waals surface area contributed by atoms with E-state index in [-0.39, 0.29) is 0 Å². The second-order valence-electron chi connectivity index (χ2n) is 5.49. The number of rotatable bonds is 3. The first-order chi connectivity index (χ1) is 10.7. The number of hydrogen-bond acceptors (Lipinski definition) is 1. The van der Waals surface area contributed by atoms with Crippen molar-refractivity contribution in [2.45, 2.75) is 33.8 Å². The molecule has 0 aliphatic carbocycles. The number of benzene rings is 3. The molecule has 0 saturated heterocycles. The Kier molecular flexibility index (Phi) is 6.02. The van der Waals surface area contributed by atoms with Crippen LogP contribution in [0.15, 0.2) is 66.7 Å². The van der Waals surface area contributed by atoms with Crippen LogP contribution in [0.5, 0.6) is 5.75 Å². The third-order valence-electron chi connectivity index (χ3n) is 3.24. The fourth-order valence-electron chi connectivity index (χ4n) is 2.13. The average Bonchev–Trinajstić information content (AvgIpc) is 2.55. The van der Waals surface area contributed by atoms with Crippen LogP contribution in [0.3, 0.4) is 0 Å². The van der Waals surface area contributed by atoms with Gasteiger partial charge in [0.1, 0.15) is 12.4 Å². The molecule has 1 nitrogen and oxygen atoms in total. The van der Waals surface area contributed by atoms with Crippen LogP contribution in [0.1, 0.15) is 31.4 Å². The molecule has 0 atom stereocenters. The van der Waals surface area contributed by atoms with Crippen molar-refractivity contribution in [1.82, 2.24) is 0 Å². The molecular formula is C21H24O. The monoisotopic (exact) mass is 292 g/mol. The smallest absolute Gasteiger partial charge is 0.119 e. The molecule has 3 rings (SSSR count). The fraction of sp³-hybridized carbons (Fsp3) is 0.238. The number of fused-ring (bicyclic) bond motifs is 1. The number of aryl methyl sites for hydroxylation is 1. The lowest BCUT2D eigenvalue weighted by molar-refractivity contribution is 0.306. The molecule has 1 heteroatoms. The van der Waals surface area contributed by atoms with Gasteiger partial charge in [-0.05, 0) is 41.5 Å². The average molecular weight is 292 g/mol. The zero-order valence-electron chi connectivity index (χ0n) is 13.7. The summed E-state index contributed by atoms with van der Waals surface area (Å²) in [5.41, 5.74) is 2.44. The van der Waals surface area contributed by atoms with E-state index >= 15 is 0 Å². The summed E-state index contributed by atoms with van der Waals surface area (Å²) in [7, 11) is 0. The van der Waals surface area contributed by atoms with Crippen molar-refractivity contribution in [2.24, 2.45) is 0 Å². The molecule has 0 heterocycles. The summed E-state index contributed by atoms with van der Waals surface area (Å²) in [6.45, 7) is 6.93. The van der Waals surface area contributed by atoms with Crippen LogP contribution in [-0.2, 0) is 6.61 Å². The van der Waals surface area contributed by atoms with Crippen molar-refractivity contribution in [3.63, 3.8) is 0 Å². The van der Waals surface area contributed by atoms with Gasteiger partial charge in [-0.3, -0.25) is 0 Å². The Hall–Kier alpha value is -2.28. The number of ether oxygens (including phenoxy) is 1. The molecule has 22 heavy (non-hydrogen) atoms. The van der Waals surface area contributed by atoms with E-state index in [1.807, 2.05) is 12.1 Å². The minimum atomic E-state index is 0.605. The second kappa shape index (κ2) is 8.23. The van der Waals surface area contributed by atoms with Gasteiger partial charge in [0.05, 0.1) is 0 Å². The summed E-state index contributed by atoms with van der Waals surface area (Å²) in [6.07, 6.45) is 1.25. The Morgan fingerprint density at radius 2 is 1.41 bits per heavy atom. The predicted octanol–water partition coefficient (Wildman–Crippen LogP) is 6.14. The topological polar surface area (TPSA) is 9.23 Å². The van der Waals surface area contributed by atoms with E-state index in [1.54, 1.807) is 0 Å². The van der Waals surface area contributed by atoms with Gasteiger partial charge in [-0.25, -0.2) is 0 Å². The highest BCUT2D eigenvalue weighted by atomic mass is 16.5. The van der Waals surface area contributed by atoms with E-state index in [0.29, 0.717) is 6.61 Å². The van der Waals surface area contributed by atoms with E-state index in [9.17, 15) is 0 Å². The molecule has 0 unspecified atom stereocenters. The summed E-state index contributed by atoms with van der Waals surface area (Å²) in [5.74, 6) is 0.916. The minimum absolute atomic E-state index is 0.605. The van der Waals surface area contributed by atoms with Crippen molar-refractivity contribution < 1.29 is 4.74 Å². The highest BCUT2D eigenvalue weighted by Gasteiger charge is 1.98. The lowest BCUT2D eigenvalue weighted by Crippen LogP contribution is -1.95. The Morgan fingerprint density at radius 1 is 0.773 bits per heavy atom. The van der Waals surface area contributed by atoms with Crippen LogP contribution < -0.4 is 4.74 Å². The Morgan fingerprint density at radius 3 is 2.09 bits per heavy atom. The Bertz CT molecular complexity index is 698. The second-order valence-corrected chi connectivity index (χ2v) is 5.49. The molecule has 3 aromatic rings. The third-order valence-corrected chi connectivity index (χ3v) is 3.24. The molecule has 0 N–H and O–H groups in total. The summed E-state index contributed by atoms with van der Waals surface area (Å²) >= 11 is 0. The van der Waals surface area contributed by atoms with Crippen molar-refractivity contribution in [1.29, 1.82) is 0 Å². The van der Waals surface area contributed by atoms with Gasteiger partial charge in [0, 0.05) is 0 Å². The van der Waals surface area contributed by atoms with Gasteiger partial charge in [-0.1, -0.05) is 74.4 Å². The van der Waals surface area contributed by atoms with Crippen LogP contribution in [-0.4, -0.2) is 0 Å². The zero-order valence-corrected chi connectivity index (χ0v) is 13.7. The van der Waals surface area contributed by atoms with Gasteiger partial charge in [-0.15, -0.1) is 0 Å². The van der Waals surface area contributed by atoms with Crippen molar-refractivity contribution in [3.05, 3.63) is 77.9 Å². The maximum absolute atomic E-state index is 5.80. The third kappa shape index (κ3) is 4.63. The first-order valence-electron chi connectivity index (χ1n) is 7.90. The van der Waals surface area contributed by atoms with Crippen molar-refractivity contribution in [2.75, 3.05) is 0 Å². The van der Waals surface area contributed by atoms with Crippen LogP contribution in [0, 0.1) is 6.92 Å². The van der Waals surface area contributed by atoms with Gasteiger partial charge in [0.2, 0.25) is 0 Å². The molecule has 0 aromatic heterocycles. The first-order valence-corrected chi connectivity index (χ1v) is 7.90. The van der Waals surface area contributed by atoms with Gasteiger partial charge in [-0.2, -0.15) is 0 Å². The molecule has 0 radical (unpaired) electrons. The SMILES string of the molecule is CCC.Cc1ccc(OCc2ccc3ccccc3c2)cc1. The fourth-order valence-corrected chi connectivity index (χ4v) is 2.13. The predicted molar refractivity (Wildman–Crippen MR) is 95.4 cm³/mol. The molecule has 0 saturated carbocycles. The minimum Gasteiger partial charge on any atom is -0.489 e. The summed E-state index contributed by atoms with van der Waals surface area (Å²) in [4.78, 5) is 0. The largest absolute Gasteiger partial charge is 0.489 e. The van der Waals surface area contributed by atoms with E-state index in [4.69, 9.17) is 4.74 Å². The van der Waals surface area contributed by atoms with Crippen LogP contribution >= 0.6 is 0 Å². The highest BCUT2D eigenvalue weighted by Crippen LogP contribution is 2.18. The van der Waals surface area contributed by atoms with E-state index < -0.39 is 0 Å². The molecule has 114 valence electrons. The maximum Gasteiger partial charge on any atom is 0.119 e. The Labute approximate surface area is 133 Å². The molecule has 0 aliphatic rings. The zero-order chi connectivity index (χ0) is 15.8. The molecule has 0 aliphatic heterocycles. The van der Waals surface area contributed by atoms with E-state index in [0.717, 1.165) is 5.75 Å². The van der Waals surface area contributed by atoms with Crippen LogP contribution in [0.25, 0.3) is 10.8 Å². The van der Waals surface area contributed by atoms with E-state index in [2.05, 4.69) is 75.4 Å². The van der Waals surface area contributed by atoms with Gasteiger partial charge in [0.25, 0.3) is 0 Å². The summed E-state index contributed by atoms with van der Waals surface area (Å²) in [5, 5.41) is 2.52. The van der Waals surface area contributed by atoms with Crippen LogP contribution in [0.2, 0.25) is 0 Å². The van der Waals surface area contributed by atoms with Gasteiger partial charge in [0.15, 0.2) is 0 Å². The van der Waals surface area contributed by atoms with Crippen molar-refractivity contribution >= 4 is 10.8 Å². The normalized spacial score (nSPS) is 9.95. The molecule has 0 amide bonds. The van der Waals surface area contributed by atoms with Crippen molar-refractivity contribution in [3.8, 4) is 5.75 Å². The molecule has 0 bridgehead atoms. The first kappa shape index (κ1) is 16.1. The van der Waals surface area contributed by atoms with E-state index in [1.165, 1.54) is 28.3 Å². The standard InChI is InChI=1S/C18H16O.C3H8/c1-14-6-10-18(11-7-14)19-13-15-8-9-16-4-2-3-5-17(16)12-15;1-3-2/h2-12H,13H2,1H3;3H2,1-2H3. The number of hydrogen-bond donors (Lipinski definition) is 0. The lowest BCUT2D eigenvalue weighted by Gasteiger charge is -2.07. The Balaban J connectivity index is 0.000000545. The molecule has 3 aromatic carbocycles. The molecule has 0 spiro atoms. The maximum atomic E-state index is 5.80. The summed E-state index contributed by atoms with van der Waals surface area (Å²) in [6, 6.07) is 23.0. The van der Waals surface area contributed by atoms with Crippen LogP contribution in [0.4, 0.5) is 0 Å². The molecular weight excluding hydrogens is 268 g/mol. The quantitative estimate of drug-likeness (QED) is 0.563. The lowest BCUT2D eigenvalue weighted by atomic mass is 10.1. The highest BCUT2D eigenvalue weighted by molar-refractivity contribution is 5.82.